The monoisotopic (exact) mass is 458 g/mol. The zero-order valence-electron chi connectivity index (χ0n) is 16.1. The maximum atomic E-state index is 4.77. The van der Waals surface area contributed by atoms with E-state index in [0.29, 0.717) is 6.04 Å². The van der Waals surface area contributed by atoms with Crippen LogP contribution < -0.4 is 10.6 Å². The average molecular weight is 458 g/mol. The van der Waals surface area contributed by atoms with Crippen molar-refractivity contribution in [3.05, 3.63) is 35.4 Å². The molecule has 2 N–H and O–H groups in total. The highest BCUT2D eigenvalue weighted by molar-refractivity contribution is 14.0. The molecule has 1 aliphatic rings. The van der Waals surface area contributed by atoms with Crippen LogP contribution in [0.2, 0.25) is 0 Å². The molecule has 0 spiro atoms. The summed E-state index contributed by atoms with van der Waals surface area (Å²) in [5, 5.41) is 7.02. The van der Waals surface area contributed by atoms with Gasteiger partial charge in [-0.3, -0.25) is 4.99 Å². The van der Waals surface area contributed by atoms with Gasteiger partial charge in [-0.25, -0.2) is 0 Å². The van der Waals surface area contributed by atoms with Gasteiger partial charge in [0.05, 0.1) is 0 Å². The predicted molar refractivity (Wildman–Crippen MR) is 119 cm³/mol. The fourth-order valence-electron chi connectivity index (χ4n) is 3.29. The molecule has 0 amide bonds. The van der Waals surface area contributed by atoms with E-state index in [2.05, 4.69) is 60.6 Å². The van der Waals surface area contributed by atoms with Gasteiger partial charge in [-0.1, -0.05) is 36.8 Å². The first-order valence-electron chi connectivity index (χ1n) is 9.54. The lowest BCUT2D eigenvalue weighted by molar-refractivity contribution is 0.206. The van der Waals surface area contributed by atoms with Gasteiger partial charge in [0.25, 0.3) is 0 Å². The first kappa shape index (κ1) is 22.2. The average Bonchev–Trinajstić information content (AvgIpc) is 2.57. The fourth-order valence-corrected chi connectivity index (χ4v) is 3.29. The van der Waals surface area contributed by atoms with Gasteiger partial charge in [-0.2, -0.15) is 0 Å². The Balaban J connectivity index is 0.00000312. The summed E-state index contributed by atoms with van der Waals surface area (Å²) < 4.78 is 0. The van der Waals surface area contributed by atoms with Crippen molar-refractivity contribution in [3.63, 3.8) is 0 Å². The number of aliphatic imine (C=N–C) groups is 1. The van der Waals surface area contributed by atoms with Crippen LogP contribution in [0.4, 0.5) is 0 Å². The zero-order chi connectivity index (χ0) is 17.2. The Morgan fingerprint density at radius 2 is 2.00 bits per heavy atom. The summed E-state index contributed by atoms with van der Waals surface area (Å²) in [4.78, 5) is 7.34. The maximum absolute atomic E-state index is 4.77. The van der Waals surface area contributed by atoms with E-state index in [1.807, 2.05) is 0 Å². The third-order valence-electron chi connectivity index (χ3n) is 4.57. The molecular formula is C20H35IN4. The van der Waals surface area contributed by atoms with Gasteiger partial charge in [-0.05, 0) is 51.6 Å². The van der Waals surface area contributed by atoms with Gasteiger partial charge in [-0.15, -0.1) is 24.0 Å². The second-order valence-electron chi connectivity index (χ2n) is 6.76. The molecule has 2 rings (SSSR count). The van der Waals surface area contributed by atoms with Crippen molar-refractivity contribution in [2.45, 2.75) is 52.5 Å². The van der Waals surface area contributed by atoms with Gasteiger partial charge < -0.3 is 15.5 Å². The number of nitrogens with zero attached hydrogens (tertiary/aromatic N) is 2. The Kier molecular flexibility index (Phi) is 11.1. The van der Waals surface area contributed by atoms with Crippen LogP contribution in [0.15, 0.2) is 29.3 Å². The van der Waals surface area contributed by atoms with Crippen molar-refractivity contribution in [2.75, 3.05) is 32.7 Å². The van der Waals surface area contributed by atoms with E-state index in [1.165, 1.54) is 50.0 Å². The summed E-state index contributed by atoms with van der Waals surface area (Å²) in [6.07, 6.45) is 4.67. The van der Waals surface area contributed by atoms with E-state index in [4.69, 9.17) is 4.99 Å². The van der Waals surface area contributed by atoms with Crippen LogP contribution in [-0.2, 0) is 6.42 Å². The summed E-state index contributed by atoms with van der Waals surface area (Å²) in [6, 6.07) is 9.26. The standard InChI is InChI=1S/C20H34N4.HI/c1-4-13-24-14-10-19(11-15-24)23-20(21-5-2)22-12-9-18-8-6-7-17(3)16-18;/h6-8,16,19H,4-5,9-15H2,1-3H3,(H2,21,22,23);1H. The number of hydrogen-bond acceptors (Lipinski definition) is 2. The molecule has 0 saturated carbocycles. The summed E-state index contributed by atoms with van der Waals surface area (Å²) in [6.45, 7) is 11.9. The highest BCUT2D eigenvalue weighted by atomic mass is 127. The quantitative estimate of drug-likeness (QED) is 0.373. The molecule has 0 radical (unpaired) electrons. The number of nitrogens with one attached hydrogen (secondary N) is 2. The minimum Gasteiger partial charge on any atom is -0.357 e. The minimum absolute atomic E-state index is 0. The van der Waals surface area contributed by atoms with E-state index < -0.39 is 0 Å². The number of hydrogen-bond donors (Lipinski definition) is 2. The molecule has 0 unspecified atom stereocenters. The Labute approximate surface area is 170 Å². The number of halogens is 1. The summed E-state index contributed by atoms with van der Waals surface area (Å²) >= 11 is 0. The molecule has 1 heterocycles. The zero-order valence-corrected chi connectivity index (χ0v) is 18.4. The van der Waals surface area contributed by atoms with Crippen molar-refractivity contribution in [2.24, 2.45) is 4.99 Å². The van der Waals surface area contributed by atoms with Gasteiger partial charge in [0, 0.05) is 32.2 Å². The fraction of sp³-hybridized carbons (Fsp3) is 0.650. The maximum Gasteiger partial charge on any atom is 0.191 e. The first-order chi connectivity index (χ1) is 11.7. The molecule has 1 aromatic rings. The van der Waals surface area contributed by atoms with Crippen LogP contribution in [0.3, 0.4) is 0 Å². The van der Waals surface area contributed by atoms with E-state index in [-0.39, 0.29) is 24.0 Å². The molecule has 1 fully saturated rings. The number of piperidine rings is 1. The molecule has 0 aromatic heterocycles. The Morgan fingerprint density at radius 1 is 1.24 bits per heavy atom. The third kappa shape index (κ3) is 8.40. The second kappa shape index (κ2) is 12.5. The van der Waals surface area contributed by atoms with Crippen molar-refractivity contribution in [1.82, 2.24) is 15.5 Å². The van der Waals surface area contributed by atoms with Crippen LogP contribution in [0.1, 0.15) is 44.2 Å². The molecule has 1 aliphatic heterocycles. The Morgan fingerprint density at radius 3 is 2.64 bits per heavy atom. The van der Waals surface area contributed by atoms with Crippen LogP contribution in [0.5, 0.6) is 0 Å². The summed E-state index contributed by atoms with van der Waals surface area (Å²) in [7, 11) is 0. The molecular weight excluding hydrogens is 423 g/mol. The SMILES string of the molecule is CCCN1CCC(NC(=NCCc2cccc(C)c2)NCC)CC1.I. The molecule has 142 valence electrons. The predicted octanol–water partition coefficient (Wildman–Crippen LogP) is 3.59. The van der Waals surface area contributed by atoms with Crippen molar-refractivity contribution < 1.29 is 0 Å². The smallest absolute Gasteiger partial charge is 0.191 e. The van der Waals surface area contributed by atoms with Crippen LogP contribution in [0.25, 0.3) is 0 Å². The van der Waals surface area contributed by atoms with Gasteiger partial charge >= 0.3 is 0 Å². The molecule has 0 atom stereocenters. The summed E-state index contributed by atoms with van der Waals surface area (Å²) in [5.41, 5.74) is 2.68. The molecule has 0 bridgehead atoms. The number of aryl methyl sites for hydroxylation is 1. The number of guanidine groups is 1. The first-order valence-corrected chi connectivity index (χ1v) is 9.54. The Hall–Kier alpha value is -0.820. The van der Waals surface area contributed by atoms with Gasteiger partial charge in [0.2, 0.25) is 0 Å². The third-order valence-corrected chi connectivity index (χ3v) is 4.57. The van der Waals surface area contributed by atoms with E-state index >= 15 is 0 Å². The van der Waals surface area contributed by atoms with Gasteiger partial charge in [0.15, 0.2) is 5.96 Å². The summed E-state index contributed by atoms with van der Waals surface area (Å²) in [5.74, 6) is 0.971. The van der Waals surface area contributed by atoms with Crippen LogP contribution in [-0.4, -0.2) is 49.6 Å². The van der Waals surface area contributed by atoms with E-state index in [1.54, 1.807) is 0 Å². The van der Waals surface area contributed by atoms with Crippen molar-refractivity contribution in [1.29, 1.82) is 0 Å². The lowest BCUT2D eigenvalue weighted by atomic mass is 10.1. The number of benzene rings is 1. The molecule has 0 aliphatic carbocycles. The molecule has 5 heteroatoms. The number of rotatable bonds is 7. The minimum atomic E-state index is 0. The Bertz CT molecular complexity index is 510. The lowest BCUT2D eigenvalue weighted by Gasteiger charge is -2.32. The largest absolute Gasteiger partial charge is 0.357 e. The molecule has 25 heavy (non-hydrogen) atoms. The molecule has 1 saturated heterocycles. The highest BCUT2D eigenvalue weighted by Crippen LogP contribution is 2.10. The molecule has 1 aromatic carbocycles. The van der Waals surface area contributed by atoms with Crippen molar-refractivity contribution >= 4 is 29.9 Å². The second-order valence-corrected chi connectivity index (χ2v) is 6.76. The molecule has 4 nitrogen and oxygen atoms in total. The lowest BCUT2D eigenvalue weighted by Crippen LogP contribution is -2.48. The van der Waals surface area contributed by atoms with E-state index in [9.17, 15) is 0 Å². The normalized spacial score (nSPS) is 16.4. The topological polar surface area (TPSA) is 39.7 Å². The van der Waals surface area contributed by atoms with Crippen molar-refractivity contribution in [3.8, 4) is 0 Å². The van der Waals surface area contributed by atoms with Gasteiger partial charge in [0.1, 0.15) is 0 Å². The van der Waals surface area contributed by atoms with Crippen LogP contribution in [0, 0.1) is 6.92 Å². The highest BCUT2D eigenvalue weighted by Gasteiger charge is 2.19. The number of likely N-dealkylation sites (tertiary alicyclic amines) is 1. The van der Waals surface area contributed by atoms with E-state index in [0.717, 1.165) is 25.5 Å². The van der Waals surface area contributed by atoms with Crippen LogP contribution >= 0.6 is 24.0 Å².